The molecule has 2 heterocycles. The molecule has 1 aromatic heterocycles. The van der Waals surface area contributed by atoms with E-state index in [1.54, 1.807) is 0 Å². The van der Waals surface area contributed by atoms with E-state index in [1.165, 1.54) is 48.1 Å². The van der Waals surface area contributed by atoms with Crippen molar-refractivity contribution < 1.29 is 0 Å². The highest BCUT2D eigenvalue weighted by Crippen LogP contribution is 2.31. The van der Waals surface area contributed by atoms with Crippen LogP contribution in [0.4, 0.5) is 0 Å². The van der Waals surface area contributed by atoms with Crippen LogP contribution >= 0.6 is 11.3 Å². The predicted octanol–water partition coefficient (Wildman–Crippen LogP) is 3.53. The van der Waals surface area contributed by atoms with Gasteiger partial charge >= 0.3 is 0 Å². The predicted molar refractivity (Wildman–Crippen MR) is 87.4 cm³/mol. The highest BCUT2D eigenvalue weighted by atomic mass is 32.1. The maximum Gasteiger partial charge on any atom is 0.0900 e. The molecule has 0 amide bonds. The number of aryl methyl sites for hydroxylation is 2. The van der Waals surface area contributed by atoms with Gasteiger partial charge in [0, 0.05) is 23.5 Å². The zero-order valence-electron chi connectivity index (χ0n) is 13.6. The first-order valence-electron chi connectivity index (χ1n) is 7.89. The van der Waals surface area contributed by atoms with Gasteiger partial charge in [0.05, 0.1) is 10.7 Å². The smallest absolute Gasteiger partial charge is 0.0900 e. The Morgan fingerprint density at radius 3 is 2.40 bits per heavy atom. The van der Waals surface area contributed by atoms with Crippen molar-refractivity contribution in [3.63, 3.8) is 0 Å². The van der Waals surface area contributed by atoms with Crippen molar-refractivity contribution in [2.45, 2.75) is 59.5 Å². The quantitative estimate of drug-likeness (QED) is 0.900. The summed E-state index contributed by atoms with van der Waals surface area (Å²) in [6.07, 6.45) is 2.63. The van der Waals surface area contributed by atoms with Gasteiger partial charge in [0.2, 0.25) is 0 Å². The summed E-state index contributed by atoms with van der Waals surface area (Å²) in [5.41, 5.74) is 1.22. The van der Waals surface area contributed by atoms with Gasteiger partial charge in [0.25, 0.3) is 0 Å². The van der Waals surface area contributed by atoms with E-state index in [0.717, 1.165) is 5.92 Å². The number of nitrogens with zero attached hydrogens (tertiary/aromatic N) is 2. The minimum Gasteiger partial charge on any atom is -0.317 e. The molecule has 0 saturated carbocycles. The molecule has 1 unspecified atom stereocenters. The summed E-state index contributed by atoms with van der Waals surface area (Å²) in [7, 11) is 0. The number of hydrogen-bond donors (Lipinski definition) is 1. The van der Waals surface area contributed by atoms with Crippen molar-refractivity contribution in [3.05, 3.63) is 15.6 Å². The van der Waals surface area contributed by atoms with Crippen molar-refractivity contribution in [2.75, 3.05) is 19.6 Å². The van der Waals surface area contributed by atoms with E-state index in [1.807, 2.05) is 11.3 Å². The average Bonchev–Trinajstić information content (AvgIpc) is 2.75. The Hall–Kier alpha value is -0.450. The van der Waals surface area contributed by atoms with Crippen LogP contribution in [-0.2, 0) is 0 Å². The summed E-state index contributed by atoms with van der Waals surface area (Å²) in [5.74, 6) is 0.843. The van der Waals surface area contributed by atoms with Crippen LogP contribution in [-0.4, -0.2) is 35.6 Å². The molecule has 1 saturated heterocycles. The molecule has 1 atom stereocenters. The second-order valence-electron chi connectivity index (χ2n) is 6.34. The summed E-state index contributed by atoms with van der Waals surface area (Å²) in [4.78, 5) is 8.71. The number of aromatic nitrogens is 1. The van der Waals surface area contributed by atoms with Crippen molar-refractivity contribution in [1.82, 2.24) is 15.2 Å². The van der Waals surface area contributed by atoms with Gasteiger partial charge in [-0.2, -0.15) is 0 Å². The standard InChI is InChI=1S/C16H29N3S/c1-11(2)19(10-15-6-8-17-9-7-15)13(4)16-12(3)18-14(5)20-16/h11,13,15,17H,6-10H2,1-5H3. The molecule has 0 radical (unpaired) electrons. The molecule has 3 nitrogen and oxygen atoms in total. The fourth-order valence-electron chi connectivity index (χ4n) is 3.26. The molecule has 0 bridgehead atoms. The molecule has 0 aliphatic carbocycles. The maximum atomic E-state index is 4.60. The molecular weight excluding hydrogens is 266 g/mol. The SMILES string of the molecule is Cc1nc(C)c(C(C)N(CC2CCNCC2)C(C)C)s1. The lowest BCUT2D eigenvalue weighted by Crippen LogP contribution is -2.40. The minimum atomic E-state index is 0.482. The minimum absolute atomic E-state index is 0.482. The number of thiazole rings is 1. The van der Waals surface area contributed by atoms with Gasteiger partial charge in [0.15, 0.2) is 0 Å². The Bertz CT molecular complexity index is 421. The molecule has 1 aliphatic rings. The van der Waals surface area contributed by atoms with Crippen LogP contribution in [0.25, 0.3) is 0 Å². The molecule has 1 aliphatic heterocycles. The van der Waals surface area contributed by atoms with E-state index in [2.05, 4.69) is 49.8 Å². The number of nitrogens with one attached hydrogen (secondary N) is 1. The second kappa shape index (κ2) is 7.01. The fraction of sp³-hybridized carbons (Fsp3) is 0.812. The number of piperidine rings is 1. The van der Waals surface area contributed by atoms with Crippen molar-refractivity contribution in [2.24, 2.45) is 5.92 Å². The maximum absolute atomic E-state index is 4.60. The van der Waals surface area contributed by atoms with Crippen LogP contribution in [0.15, 0.2) is 0 Å². The molecule has 1 N–H and O–H groups in total. The lowest BCUT2D eigenvalue weighted by molar-refractivity contribution is 0.126. The van der Waals surface area contributed by atoms with Gasteiger partial charge in [-0.1, -0.05) is 0 Å². The molecule has 1 aromatic rings. The van der Waals surface area contributed by atoms with Gasteiger partial charge in [-0.15, -0.1) is 11.3 Å². The van der Waals surface area contributed by atoms with Crippen molar-refractivity contribution in [1.29, 1.82) is 0 Å². The molecule has 20 heavy (non-hydrogen) atoms. The number of rotatable bonds is 5. The molecular formula is C16H29N3S. The first kappa shape index (κ1) is 15.9. The molecule has 0 aromatic carbocycles. The highest BCUT2D eigenvalue weighted by Gasteiger charge is 2.26. The van der Waals surface area contributed by atoms with Crippen molar-refractivity contribution in [3.8, 4) is 0 Å². The average molecular weight is 295 g/mol. The number of hydrogen-bond acceptors (Lipinski definition) is 4. The summed E-state index contributed by atoms with van der Waals surface area (Å²) in [6, 6.07) is 1.07. The van der Waals surface area contributed by atoms with Gasteiger partial charge in [-0.3, -0.25) is 4.90 Å². The van der Waals surface area contributed by atoms with Crippen LogP contribution in [0.1, 0.15) is 55.2 Å². The highest BCUT2D eigenvalue weighted by molar-refractivity contribution is 7.11. The Morgan fingerprint density at radius 2 is 1.90 bits per heavy atom. The second-order valence-corrected chi connectivity index (χ2v) is 7.58. The van der Waals surface area contributed by atoms with Crippen LogP contribution in [0.3, 0.4) is 0 Å². The van der Waals surface area contributed by atoms with Gasteiger partial charge in [-0.25, -0.2) is 4.98 Å². The Labute approximate surface area is 127 Å². The Morgan fingerprint density at radius 1 is 1.25 bits per heavy atom. The van der Waals surface area contributed by atoms with Gasteiger partial charge < -0.3 is 5.32 Å². The first-order chi connectivity index (χ1) is 9.49. The summed E-state index contributed by atoms with van der Waals surface area (Å²) < 4.78 is 0. The third-order valence-corrected chi connectivity index (χ3v) is 5.65. The molecule has 4 heteroatoms. The summed E-state index contributed by atoms with van der Waals surface area (Å²) >= 11 is 1.87. The van der Waals surface area contributed by atoms with E-state index in [0.29, 0.717) is 12.1 Å². The molecule has 2 rings (SSSR count). The molecule has 114 valence electrons. The first-order valence-corrected chi connectivity index (χ1v) is 8.71. The van der Waals surface area contributed by atoms with Crippen LogP contribution in [0.5, 0.6) is 0 Å². The van der Waals surface area contributed by atoms with E-state index >= 15 is 0 Å². The lowest BCUT2D eigenvalue weighted by Gasteiger charge is -2.36. The summed E-state index contributed by atoms with van der Waals surface area (Å²) in [5, 5.41) is 4.65. The van der Waals surface area contributed by atoms with Crippen LogP contribution in [0, 0.1) is 19.8 Å². The zero-order chi connectivity index (χ0) is 14.7. The normalized spacial score (nSPS) is 18.9. The molecule has 1 fully saturated rings. The van der Waals surface area contributed by atoms with E-state index in [4.69, 9.17) is 0 Å². The zero-order valence-corrected chi connectivity index (χ0v) is 14.4. The van der Waals surface area contributed by atoms with E-state index in [9.17, 15) is 0 Å². The fourth-order valence-corrected chi connectivity index (χ4v) is 4.26. The third-order valence-electron chi connectivity index (χ3n) is 4.41. The monoisotopic (exact) mass is 295 g/mol. The topological polar surface area (TPSA) is 28.2 Å². The van der Waals surface area contributed by atoms with E-state index in [-0.39, 0.29) is 0 Å². The van der Waals surface area contributed by atoms with Crippen LogP contribution < -0.4 is 5.32 Å². The van der Waals surface area contributed by atoms with Crippen LogP contribution in [0.2, 0.25) is 0 Å². The van der Waals surface area contributed by atoms with Crippen molar-refractivity contribution >= 4 is 11.3 Å². The molecule has 0 spiro atoms. The largest absolute Gasteiger partial charge is 0.317 e. The summed E-state index contributed by atoms with van der Waals surface area (Å²) in [6.45, 7) is 14.8. The lowest BCUT2D eigenvalue weighted by atomic mass is 9.96. The van der Waals surface area contributed by atoms with E-state index < -0.39 is 0 Å². The van der Waals surface area contributed by atoms with Gasteiger partial charge in [-0.05, 0) is 66.5 Å². The van der Waals surface area contributed by atoms with Gasteiger partial charge in [0.1, 0.15) is 0 Å². The Balaban J connectivity index is 2.09. The Kier molecular flexibility index (Phi) is 5.58. The third kappa shape index (κ3) is 3.80.